The first-order valence-electron chi connectivity index (χ1n) is 9.48. The largest absolute Gasteiger partial charge is 0.469 e. The Balaban J connectivity index is 1.77. The Morgan fingerprint density at radius 1 is 1.15 bits per heavy atom. The van der Waals surface area contributed by atoms with Gasteiger partial charge in [-0.2, -0.15) is 0 Å². The molecule has 1 N–H and O–H groups in total. The summed E-state index contributed by atoms with van der Waals surface area (Å²) < 4.78 is 9.33. The Kier molecular flexibility index (Phi) is 8.50. The van der Waals surface area contributed by atoms with E-state index in [2.05, 4.69) is 24.7 Å². The van der Waals surface area contributed by atoms with E-state index in [1.807, 2.05) is 4.90 Å². The maximum absolute atomic E-state index is 12.5. The Bertz CT molecular complexity index is 546. The van der Waals surface area contributed by atoms with Crippen molar-refractivity contribution in [2.45, 2.75) is 38.1 Å². The molecule has 0 radical (unpaired) electrons. The van der Waals surface area contributed by atoms with E-state index in [0.29, 0.717) is 26.2 Å². The lowest BCUT2D eigenvalue weighted by Crippen LogP contribution is -2.48. The number of nitrogens with zero attached hydrogens (tertiary/aromatic N) is 3. The van der Waals surface area contributed by atoms with Crippen molar-refractivity contribution in [2.24, 2.45) is 4.99 Å². The molecule has 2 rings (SSSR count). The highest BCUT2D eigenvalue weighted by atomic mass is 16.5. The van der Waals surface area contributed by atoms with Crippen LogP contribution < -0.4 is 5.32 Å². The van der Waals surface area contributed by atoms with Crippen LogP contribution in [0.5, 0.6) is 0 Å². The van der Waals surface area contributed by atoms with Crippen LogP contribution >= 0.6 is 0 Å². The van der Waals surface area contributed by atoms with Crippen LogP contribution in [0, 0.1) is 0 Å². The molecule has 152 valence electrons. The predicted molar refractivity (Wildman–Crippen MR) is 99.4 cm³/mol. The van der Waals surface area contributed by atoms with Crippen LogP contribution in [0.1, 0.15) is 32.1 Å². The molecule has 1 unspecified atom stereocenters. The van der Waals surface area contributed by atoms with Gasteiger partial charge in [-0.1, -0.05) is 0 Å². The molecule has 9 nitrogen and oxygen atoms in total. The number of esters is 2. The molecule has 1 atom stereocenters. The normalized spacial score (nSPS) is 18.7. The van der Waals surface area contributed by atoms with E-state index < -0.39 is 0 Å². The first kappa shape index (κ1) is 21.1. The Morgan fingerprint density at radius 3 is 2.44 bits per heavy atom. The van der Waals surface area contributed by atoms with Gasteiger partial charge in [0, 0.05) is 45.7 Å². The molecule has 2 heterocycles. The lowest BCUT2D eigenvalue weighted by Gasteiger charge is -2.29. The van der Waals surface area contributed by atoms with Crippen molar-refractivity contribution in [3.63, 3.8) is 0 Å². The minimum atomic E-state index is -0.301. The number of hydrogen-bond donors (Lipinski definition) is 1. The van der Waals surface area contributed by atoms with Gasteiger partial charge in [-0.3, -0.25) is 19.4 Å². The first-order chi connectivity index (χ1) is 13.0. The van der Waals surface area contributed by atoms with Crippen molar-refractivity contribution in [1.29, 1.82) is 0 Å². The number of amidine groups is 1. The Labute approximate surface area is 160 Å². The van der Waals surface area contributed by atoms with E-state index in [9.17, 15) is 14.4 Å². The van der Waals surface area contributed by atoms with Gasteiger partial charge in [0.1, 0.15) is 6.04 Å². The third-order valence-electron chi connectivity index (χ3n) is 4.95. The summed E-state index contributed by atoms with van der Waals surface area (Å²) in [7, 11) is 2.70. The maximum Gasteiger partial charge on any atom is 0.306 e. The van der Waals surface area contributed by atoms with E-state index in [-0.39, 0.29) is 36.7 Å². The zero-order chi connectivity index (χ0) is 19.6. The van der Waals surface area contributed by atoms with Gasteiger partial charge in [-0.05, 0) is 12.8 Å². The van der Waals surface area contributed by atoms with Gasteiger partial charge in [0.15, 0.2) is 0 Å². The van der Waals surface area contributed by atoms with Crippen molar-refractivity contribution in [1.82, 2.24) is 15.1 Å². The SMILES string of the molecule is COC(=O)CCN(CCNC(=O)C1CCC2=NCCCN21)CCC(=O)OC. The van der Waals surface area contributed by atoms with Gasteiger partial charge in [0.2, 0.25) is 5.91 Å². The second-order valence-electron chi connectivity index (χ2n) is 6.68. The molecule has 0 aromatic carbocycles. The molecule has 0 saturated carbocycles. The fourth-order valence-electron chi connectivity index (χ4n) is 3.42. The molecule has 0 aromatic rings. The molecule has 1 fully saturated rings. The number of ether oxygens (including phenoxy) is 2. The van der Waals surface area contributed by atoms with Crippen LogP contribution in [0.2, 0.25) is 0 Å². The van der Waals surface area contributed by atoms with Crippen LogP contribution in [0.25, 0.3) is 0 Å². The number of aliphatic imine (C=N–C) groups is 1. The second-order valence-corrected chi connectivity index (χ2v) is 6.68. The third-order valence-corrected chi connectivity index (χ3v) is 4.95. The number of fused-ring (bicyclic) bond motifs is 1. The van der Waals surface area contributed by atoms with Crippen molar-refractivity contribution in [3.8, 4) is 0 Å². The molecule has 1 saturated heterocycles. The highest BCUT2D eigenvalue weighted by molar-refractivity contribution is 5.93. The molecule has 0 bridgehead atoms. The number of carbonyl (C=O) groups is 3. The summed E-state index contributed by atoms with van der Waals surface area (Å²) in [6.07, 6.45) is 3.13. The number of rotatable bonds is 10. The van der Waals surface area contributed by atoms with Crippen LogP contribution in [-0.4, -0.2) is 93.0 Å². The van der Waals surface area contributed by atoms with Gasteiger partial charge >= 0.3 is 11.9 Å². The fraction of sp³-hybridized carbons (Fsp3) is 0.778. The summed E-state index contributed by atoms with van der Waals surface area (Å²) in [5, 5.41) is 2.98. The molecular weight excluding hydrogens is 352 g/mol. The van der Waals surface area contributed by atoms with Crippen LogP contribution in [-0.2, 0) is 23.9 Å². The average Bonchev–Trinajstić information content (AvgIpc) is 3.13. The van der Waals surface area contributed by atoms with Crippen molar-refractivity contribution in [3.05, 3.63) is 0 Å². The van der Waals surface area contributed by atoms with Gasteiger partial charge in [-0.25, -0.2) is 0 Å². The molecular formula is C18H30N4O5. The summed E-state index contributed by atoms with van der Waals surface area (Å²) in [5.41, 5.74) is 0. The topological polar surface area (TPSA) is 101 Å². The van der Waals surface area contributed by atoms with Crippen LogP contribution in [0.3, 0.4) is 0 Å². The molecule has 9 heteroatoms. The fourth-order valence-corrected chi connectivity index (χ4v) is 3.42. The first-order valence-corrected chi connectivity index (χ1v) is 9.48. The number of nitrogens with one attached hydrogen (secondary N) is 1. The van der Waals surface area contributed by atoms with Crippen molar-refractivity contribution < 1.29 is 23.9 Å². The molecule has 2 aliphatic rings. The quantitative estimate of drug-likeness (QED) is 0.522. The number of carbonyl (C=O) groups excluding carboxylic acids is 3. The van der Waals surface area contributed by atoms with Crippen molar-refractivity contribution in [2.75, 3.05) is 53.5 Å². The summed E-state index contributed by atoms with van der Waals surface area (Å²) in [5.74, 6) is 0.470. The van der Waals surface area contributed by atoms with Crippen LogP contribution in [0.4, 0.5) is 0 Å². The molecule has 1 amide bonds. The summed E-state index contributed by atoms with van der Waals surface area (Å²) in [6, 6.07) is -0.136. The Morgan fingerprint density at radius 2 is 1.81 bits per heavy atom. The summed E-state index contributed by atoms with van der Waals surface area (Å²) in [6.45, 7) is 3.68. The monoisotopic (exact) mass is 382 g/mol. The highest BCUT2D eigenvalue weighted by Crippen LogP contribution is 2.22. The summed E-state index contributed by atoms with van der Waals surface area (Å²) >= 11 is 0. The Hall–Kier alpha value is -2.16. The van der Waals surface area contributed by atoms with Gasteiger partial charge < -0.3 is 24.6 Å². The van der Waals surface area contributed by atoms with E-state index in [1.54, 1.807) is 0 Å². The maximum atomic E-state index is 12.5. The molecule has 0 aromatic heterocycles. The lowest BCUT2D eigenvalue weighted by atomic mass is 10.2. The van der Waals surface area contributed by atoms with Gasteiger partial charge in [0.05, 0.1) is 32.9 Å². The zero-order valence-corrected chi connectivity index (χ0v) is 16.2. The van der Waals surface area contributed by atoms with Crippen molar-refractivity contribution >= 4 is 23.7 Å². The minimum absolute atomic E-state index is 0.0167. The smallest absolute Gasteiger partial charge is 0.306 e. The number of amides is 1. The average molecular weight is 382 g/mol. The zero-order valence-electron chi connectivity index (χ0n) is 16.2. The van der Waals surface area contributed by atoms with E-state index >= 15 is 0 Å². The second kappa shape index (κ2) is 10.9. The van der Waals surface area contributed by atoms with Gasteiger partial charge in [0.25, 0.3) is 0 Å². The van der Waals surface area contributed by atoms with E-state index in [1.165, 1.54) is 14.2 Å². The summed E-state index contributed by atoms with van der Waals surface area (Å²) in [4.78, 5) is 43.8. The molecule has 0 aliphatic carbocycles. The number of methoxy groups -OCH3 is 2. The molecule has 0 spiro atoms. The molecule has 27 heavy (non-hydrogen) atoms. The van der Waals surface area contributed by atoms with E-state index in [0.717, 1.165) is 38.2 Å². The lowest BCUT2D eigenvalue weighted by molar-refractivity contribution is -0.141. The van der Waals surface area contributed by atoms with Gasteiger partial charge in [-0.15, -0.1) is 0 Å². The molecule has 2 aliphatic heterocycles. The number of hydrogen-bond acceptors (Lipinski definition) is 8. The van der Waals surface area contributed by atoms with Crippen LogP contribution in [0.15, 0.2) is 4.99 Å². The standard InChI is InChI=1S/C18H30N4O5/c1-26-16(23)6-11-21(12-7-17(24)27-2)13-9-20-18(25)14-4-5-15-19-8-3-10-22(14)15/h14H,3-13H2,1-2H3,(H,20,25). The minimum Gasteiger partial charge on any atom is -0.469 e. The highest BCUT2D eigenvalue weighted by Gasteiger charge is 2.35. The van der Waals surface area contributed by atoms with E-state index in [4.69, 9.17) is 0 Å². The predicted octanol–water partition coefficient (Wildman–Crippen LogP) is -0.203. The third kappa shape index (κ3) is 6.50.